The lowest BCUT2D eigenvalue weighted by atomic mass is 9.97. The lowest BCUT2D eigenvalue weighted by Crippen LogP contribution is -2.38. The molecule has 1 aliphatic heterocycles. The molecular weight excluding hydrogens is 336 g/mol. The number of hydrogen-bond acceptors (Lipinski definition) is 5. The molecule has 3 N–H and O–H groups in total. The third-order valence-corrected chi connectivity index (χ3v) is 4.61. The van der Waals surface area contributed by atoms with E-state index in [-0.39, 0.29) is 17.6 Å². The van der Waals surface area contributed by atoms with Crippen molar-refractivity contribution in [2.24, 2.45) is 5.73 Å². The maximum atomic E-state index is 13.2. The molecule has 1 aromatic heterocycles. The highest BCUT2D eigenvalue weighted by molar-refractivity contribution is 5.97. The topological polar surface area (TPSA) is 111 Å². The SMILES string of the molecule is COc1ccc(C(=O)N2CCCCC2c2cc(C(N)=O)n[nH]2)c(OC)c1. The van der Waals surface area contributed by atoms with E-state index in [9.17, 15) is 9.59 Å². The number of primary amides is 1. The Morgan fingerprint density at radius 1 is 1.23 bits per heavy atom. The lowest BCUT2D eigenvalue weighted by molar-refractivity contribution is 0.0602. The fourth-order valence-corrected chi connectivity index (χ4v) is 3.26. The number of carbonyl (C=O) groups is 2. The van der Waals surface area contributed by atoms with Crippen molar-refractivity contribution >= 4 is 11.8 Å². The second-order valence-electron chi connectivity index (χ2n) is 6.15. The summed E-state index contributed by atoms with van der Waals surface area (Å²) in [5.74, 6) is 0.344. The average molecular weight is 358 g/mol. The molecule has 0 saturated carbocycles. The van der Waals surface area contributed by atoms with Crippen LogP contribution in [0.5, 0.6) is 11.5 Å². The van der Waals surface area contributed by atoms with Gasteiger partial charge in [-0.05, 0) is 37.5 Å². The van der Waals surface area contributed by atoms with Crippen molar-refractivity contribution < 1.29 is 19.1 Å². The minimum atomic E-state index is -0.599. The average Bonchev–Trinajstić information content (AvgIpc) is 3.17. The molecule has 1 aromatic carbocycles. The molecule has 1 atom stereocenters. The van der Waals surface area contributed by atoms with Crippen LogP contribution in [0.1, 0.15) is 51.8 Å². The molecular formula is C18H22N4O4. The Morgan fingerprint density at radius 2 is 2.04 bits per heavy atom. The van der Waals surface area contributed by atoms with E-state index in [1.807, 2.05) is 0 Å². The summed E-state index contributed by atoms with van der Waals surface area (Å²) >= 11 is 0. The molecule has 0 bridgehead atoms. The summed E-state index contributed by atoms with van der Waals surface area (Å²) in [6.45, 7) is 0.615. The van der Waals surface area contributed by atoms with Crippen LogP contribution in [0, 0.1) is 0 Å². The summed E-state index contributed by atoms with van der Waals surface area (Å²) in [6, 6.07) is 6.55. The van der Waals surface area contributed by atoms with Crippen LogP contribution in [0.15, 0.2) is 24.3 Å². The number of nitrogens with two attached hydrogens (primary N) is 1. The van der Waals surface area contributed by atoms with E-state index < -0.39 is 5.91 Å². The third kappa shape index (κ3) is 3.35. The Hall–Kier alpha value is -3.03. The van der Waals surface area contributed by atoms with E-state index in [0.717, 1.165) is 19.3 Å². The van der Waals surface area contributed by atoms with E-state index >= 15 is 0 Å². The fourth-order valence-electron chi connectivity index (χ4n) is 3.26. The van der Waals surface area contributed by atoms with Gasteiger partial charge >= 0.3 is 0 Å². The van der Waals surface area contributed by atoms with E-state index in [1.54, 1.807) is 36.3 Å². The number of rotatable bonds is 5. The van der Waals surface area contributed by atoms with Crippen molar-refractivity contribution in [3.8, 4) is 11.5 Å². The number of ether oxygens (including phenoxy) is 2. The standard InChI is InChI=1S/C18H22N4O4/c1-25-11-6-7-12(16(9-11)26-2)18(24)22-8-4-3-5-15(22)13-10-14(17(19)23)21-20-13/h6-7,9-10,15H,3-5,8H2,1-2H3,(H2,19,23)(H,20,21). The summed E-state index contributed by atoms with van der Waals surface area (Å²) < 4.78 is 10.6. The second kappa shape index (κ2) is 7.47. The summed E-state index contributed by atoms with van der Waals surface area (Å²) in [7, 11) is 3.08. The maximum absolute atomic E-state index is 13.2. The Labute approximate surface area is 151 Å². The van der Waals surface area contributed by atoms with Crippen molar-refractivity contribution in [1.29, 1.82) is 0 Å². The molecule has 2 amide bonds. The van der Waals surface area contributed by atoms with Crippen LogP contribution in [-0.4, -0.2) is 47.7 Å². The fraction of sp³-hybridized carbons (Fsp3) is 0.389. The predicted molar refractivity (Wildman–Crippen MR) is 94.3 cm³/mol. The molecule has 2 heterocycles. The van der Waals surface area contributed by atoms with Gasteiger partial charge in [-0.3, -0.25) is 14.7 Å². The van der Waals surface area contributed by atoms with Gasteiger partial charge in [0.1, 0.15) is 17.2 Å². The third-order valence-electron chi connectivity index (χ3n) is 4.61. The molecule has 0 radical (unpaired) electrons. The summed E-state index contributed by atoms with van der Waals surface area (Å²) in [4.78, 5) is 26.3. The Morgan fingerprint density at radius 3 is 2.69 bits per heavy atom. The molecule has 0 aliphatic carbocycles. The van der Waals surface area contributed by atoms with Crippen molar-refractivity contribution in [1.82, 2.24) is 15.1 Å². The van der Waals surface area contributed by atoms with E-state index in [0.29, 0.717) is 29.3 Å². The smallest absolute Gasteiger partial charge is 0.269 e. The van der Waals surface area contributed by atoms with Gasteiger partial charge in [-0.1, -0.05) is 0 Å². The minimum Gasteiger partial charge on any atom is -0.497 e. The zero-order chi connectivity index (χ0) is 18.7. The van der Waals surface area contributed by atoms with Gasteiger partial charge in [0.05, 0.1) is 31.5 Å². The van der Waals surface area contributed by atoms with E-state index in [2.05, 4.69) is 10.2 Å². The van der Waals surface area contributed by atoms with Crippen LogP contribution in [0.3, 0.4) is 0 Å². The molecule has 3 rings (SSSR count). The monoisotopic (exact) mass is 358 g/mol. The minimum absolute atomic E-state index is 0.135. The van der Waals surface area contributed by atoms with Gasteiger partial charge in [-0.15, -0.1) is 0 Å². The number of carbonyl (C=O) groups excluding carboxylic acids is 2. The molecule has 2 aromatic rings. The Balaban J connectivity index is 1.92. The number of nitrogens with zero attached hydrogens (tertiary/aromatic N) is 2. The first-order valence-electron chi connectivity index (χ1n) is 8.43. The van der Waals surface area contributed by atoms with Gasteiger partial charge in [-0.2, -0.15) is 5.10 Å². The number of benzene rings is 1. The number of aromatic nitrogens is 2. The van der Waals surface area contributed by atoms with Crippen LogP contribution in [0.25, 0.3) is 0 Å². The molecule has 8 heteroatoms. The van der Waals surface area contributed by atoms with Gasteiger partial charge < -0.3 is 20.1 Å². The first kappa shape index (κ1) is 17.8. The number of piperidine rings is 1. The predicted octanol–water partition coefficient (Wildman–Crippen LogP) is 1.89. The van der Waals surface area contributed by atoms with Crippen LogP contribution < -0.4 is 15.2 Å². The Kier molecular flexibility index (Phi) is 5.11. The molecule has 0 spiro atoms. The van der Waals surface area contributed by atoms with Crippen LogP contribution >= 0.6 is 0 Å². The number of amides is 2. The highest BCUT2D eigenvalue weighted by Gasteiger charge is 2.31. The largest absolute Gasteiger partial charge is 0.497 e. The zero-order valence-corrected chi connectivity index (χ0v) is 14.8. The second-order valence-corrected chi connectivity index (χ2v) is 6.15. The molecule has 1 saturated heterocycles. The van der Waals surface area contributed by atoms with Gasteiger partial charge in [-0.25, -0.2) is 0 Å². The van der Waals surface area contributed by atoms with Crippen molar-refractivity contribution in [3.05, 3.63) is 41.2 Å². The maximum Gasteiger partial charge on any atom is 0.269 e. The van der Waals surface area contributed by atoms with Gasteiger partial charge in [0.15, 0.2) is 0 Å². The number of hydrogen-bond donors (Lipinski definition) is 2. The molecule has 138 valence electrons. The highest BCUT2D eigenvalue weighted by Crippen LogP contribution is 2.34. The van der Waals surface area contributed by atoms with E-state index in [4.69, 9.17) is 15.2 Å². The van der Waals surface area contributed by atoms with Crippen molar-refractivity contribution in [2.45, 2.75) is 25.3 Å². The van der Waals surface area contributed by atoms with Gasteiger partial charge in [0.2, 0.25) is 0 Å². The molecule has 26 heavy (non-hydrogen) atoms. The van der Waals surface area contributed by atoms with Crippen molar-refractivity contribution in [2.75, 3.05) is 20.8 Å². The first-order valence-corrected chi connectivity index (χ1v) is 8.43. The number of methoxy groups -OCH3 is 2. The number of nitrogens with one attached hydrogen (secondary N) is 1. The summed E-state index contributed by atoms with van der Waals surface area (Å²) in [5, 5.41) is 6.78. The molecule has 1 unspecified atom stereocenters. The normalized spacial score (nSPS) is 17.0. The number of likely N-dealkylation sites (tertiary alicyclic amines) is 1. The molecule has 1 aliphatic rings. The first-order chi connectivity index (χ1) is 12.5. The summed E-state index contributed by atoms with van der Waals surface area (Å²) in [5.41, 5.74) is 6.62. The Bertz CT molecular complexity index is 817. The lowest BCUT2D eigenvalue weighted by Gasteiger charge is -2.35. The van der Waals surface area contributed by atoms with Crippen LogP contribution in [-0.2, 0) is 0 Å². The van der Waals surface area contributed by atoms with Gasteiger partial charge in [0, 0.05) is 12.6 Å². The molecule has 1 fully saturated rings. The summed E-state index contributed by atoms with van der Waals surface area (Å²) in [6.07, 6.45) is 2.68. The zero-order valence-electron chi connectivity index (χ0n) is 14.8. The van der Waals surface area contributed by atoms with E-state index in [1.165, 1.54) is 7.11 Å². The van der Waals surface area contributed by atoms with Crippen LogP contribution in [0.2, 0.25) is 0 Å². The van der Waals surface area contributed by atoms with Crippen molar-refractivity contribution in [3.63, 3.8) is 0 Å². The van der Waals surface area contributed by atoms with Gasteiger partial charge in [0.25, 0.3) is 11.8 Å². The number of aromatic amines is 1. The highest BCUT2D eigenvalue weighted by atomic mass is 16.5. The van der Waals surface area contributed by atoms with Crippen LogP contribution in [0.4, 0.5) is 0 Å². The number of H-pyrrole nitrogens is 1. The molecule has 8 nitrogen and oxygen atoms in total. The quantitative estimate of drug-likeness (QED) is 0.848.